The van der Waals surface area contributed by atoms with E-state index in [1.165, 1.54) is 11.1 Å². The molecule has 1 aromatic carbocycles. The first kappa shape index (κ1) is 8.96. The molecule has 0 heterocycles. The van der Waals surface area contributed by atoms with E-state index in [9.17, 15) is 4.79 Å². The Morgan fingerprint density at radius 1 is 1.27 bits per heavy atom. The maximum Gasteiger partial charge on any atom is 0.143 e. The summed E-state index contributed by atoms with van der Waals surface area (Å²) in [6.45, 7) is 0. The number of ketones is 1. The lowest BCUT2D eigenvalue weighted by Gasteiger charge is -2.37. The zero-order valence-electron chi connectivity index (χ0n) is 8.88. The predicted octanol–water partition coefficient (Wildman–Crippen LogP) is 2.24. The van der Waals surface area contributed by atoms with Crippen LogP contribution in [-0.2, 0) is 16.6 Å². The first-order chi connectivity index (χ1) is 7.26. The van der Waals surface area contributed by atoms with Crippen LogP contribution in [0.4, 0.5) is 0 Å². The first-order valence-electron chi connectivity index (χ1n) is 5.47. The molecule has 1 saturated carbocycles. The van der Waals surface area contributed by atoms with Gasteiger partial charge in [0.1, 0.15) is 11.5 Å². The van der Waals surface area contributed by atoms with Crippen LogP contribution in [0.15, 0.2) is 18.2 Å². The third kappa shape index (κ3) is 1.02. The van der Waals surface area contributed by atoms with E-state index in [0.29, 0.717) is 5.78 Å². The second kappa shape index (κ2) is 2.84. The Labute approximate surface area is 89.2 Å². The van der Waals surface area contributed by atoms with Gasteiger partial charge in [-0.15, -0.1) is 0 Å². The lowest BCUT2D eigenvalue weighted by molar-refractivity contribution is -0.131. The summed E-state index contributed by atoms with van der Waals surface area (Å²) in [4.78, 5) is 11.8. The summed E-state index contributed by atoms with van der Waals surface area (Å²) >= 11 is 0. The Kier molecular flexibility index (Phi) is 1.70. The minimum atomic E-state index is -0.121. The predicted molar refractivity (Wildman–Crippen MR) is 57.2 cm³/mol. The van der Waals surface area contributed by atoms with Crippen LogP contribution in [-0.4, -0.2) is 12.9 Å². The molecule has 2 nitrogen and oxygen atoms in total. The van der Waals surface area contributed by atoms with Crippen molar-refractivity contribution in [3.8, 4) is 5.75 Å². The summed E-state index contributed by atoms with van der Waals surface area (Å²) in [5.41, 5.74) is 2.45. The summed E-state index contributed by atoms with van der Waals surface area (Å²) < 4.78 is 5.23. The van der Waals surface area contributed by atoms with Crippen molar-refractivity contribution in [2.24, 2.45) is 0 Å². The fourth-order valence-corrected chi connectivity index (χ4v) is 2.91. The Hall–Kier alpha value is -1.31. The van der Waals surface area contributed by atoms with Gasteiger partial charge in [0, 0.05) is 6.42 Å². The highest BCUT2D eigenvalue weighted by Crippen LogP contribution is 2.50. The quantitative estimate of drug-likeness (QED) is 0.698. The van der Waals surface area contributed by atoms with Crippen LogP contribution in [0.25, 0.3) is 0 Å². The van der Waals surface area contributed by atoms with E-state index >= 15 is 0 Å². The number of carbonyl (C=O) groups is 1. The van der Waals surface area contributed by atoms with Gasteiger partial charge in [-0.2, -0.15) is 0 Å². The van der Waals surface area contributed by atoms with E-state index in [-0.39, 0.29) is 5.41 Å². The third-order valence-electron chi connectivity index (χ3n) is 3.97. The van der Waals surface area contributed by atoms with Gasteiger partial charge in [-0.3, -0.25) is 4.79 Å². The number of Topliss-reactive ketones (excluding diaryl/α,β-unsaturated/α-hetero) is 1. The molecule has 1 fully saturated rings. The molecule has 1 aromatic rings. The average Bonchev–Trinajstić information content (AvgIpc) is 2.67. The van der Waals surface area contributed by atoms with Gasteiger partial charge in [0.25, 0.3) is 0 Å². The monoisotopic (exact) mass is 202 g/mol. The molecule has 0 aliphatic heterocycles. The maximum atomic E-state index is 11.8. The molecular weight excluding hydrogens is 188 g/mol. The molecule has 15 heavy (non-hydrogen) atoms. The Morgan fingerprint density at radius 3 is 2.67 bits per heavy atom. The van der Waals surface area contributed by atoms with Crippen LogP contribution in [0.3, 0.4) is 0 Å². The summed E-state index contributed by atoms with van der Waals surface area (Å²) in [6, 6.07) is 6.15. The second-order valence-corrected chi connectivity index (χ2v) is 4.53. The van der Waals surface area contributed by atoms with Gasteiger partial charge in [-0.05, 0) is 42.5 Å². The molecule has 78 valence electrons. The smallest absolute Gasteiger partial charge is 0.143 e. The Bertz CT molecular complexity index is 436. The summed E-state index contributed by atoms with van der Waals surface area (Å²) in [5.74, 6) is 1.30. The van der Waals surface area contributed by atoms with Crippen LogP contribution in [0.2, 0.25) is 0 Å². The molecule has 3 rings (SSSR count). The molecule has 0 radical (unpaired) electrons. The molecule has 2 heteroatoms. The fraction of sp³-hybridized carbons (Fsp3) is 0.462. The third-order valence-corrected chi connectivity index (χ3v) is 3.97. The van der Waals surface area contributed by atoms with Crippen molar-refractivity contribution < 1.29 is 9.53 Å². The van der Waals surface area contributed by atoms with Crippen LogP contribution in [0.5, 0.6) is 5.75 Å². The molecule has 0 bridgehead atoms. The fourth-order valence-electron chi connectivity index (χ4n) is 2.91. The SMILES string of the molecule is COc1ccc2c(c1)[C@]1(CCC1=O)CC2. The molecule has 2 aliphatic rings. The normalized spacial score (nSPS) is 27.7. The number of aryl methyl sites for hydroxylation is 1. The topological polar surface area (TPSA) is 26.3 Å². The molecule has 2 aliphatic carbocycles. The number of benzene rings is 1. The van der Waals surface area contributed by atoms with E-state index in [1.807, 2.05) is 6.07 Å². The summed E-state index contributed by atoms with van der Waals surface area (Å²) in [6.07, 6.45) is 3.85. The van der Waals surface area contributed by atoms with Gasteiger partial charge >= 0.3 is 0 Å². The van der Waals surface area contributed by atoms with Crippen LogP contribution >= 0.6 is 0 Å². The van der Waals surface area contributed by atoms with Gasteiger partial charge in [0.2, 0.25) is 0 Å². The number of hydrogen-bond acceptors (Lipinski definition) is 2. The van der Waals surface area contributed by atoms with Gasteiger partial charge in [0.05, 0.1) is 12.5 Å². The molecule has 0 unspecified atom stereocenters. The average molecular weight is 202 g/mol. The molecule has 1 atom stereocenters. The van der Waals surface area contributed by atoms with Crippen molar-refractivity contribution in [3.05, 3.63) is 29.3 Å². The van der Waals surface area contributed by atoms with E-state index in [2.05, 4.69) is 12.1 Å². The largest absolute Gasteiger partial charge is 0.497 e. The van der Waals surface area contributed by atoms with E-state index < -0.39 is 0 Å². The van der Waals surface area contributed by atoms with Gasteiger partial charge in [0.15, 0.2) is 0 Å². The summed E-state index contributed by atoms with van der Waals surface area (Å²) in [7, 11) is 1.67. The van der Waals surface area contributed by atoms with Crippen molar-refractivity contribution in [2.45, 2.75) is 31.1 Å². The minimum Gasteiger partial charge on any atom is -0.497 e. The number of fused-ring (bicyclic) bond motifs is 2. The standard InChI is InChI=1S/C13H14O2/c1-15-10-3-2-9-4-6-13(11(9)8-10)7-5-12(13)14/h2-3,8H,4-7H2,1H3/t13-/m1/s1. The molecule has 0 amide bonds. The minimum absolute atomic E-state index is 0.121. The maximum absolute atomic E-state index is 11.8. The van der Waals surface area contributed by atoms with Gasteiger partial charge in [-0.1, -0.05) is 6.07 Å². The van der Waals surface area contributed by atoms with Crippen molar-refractivity contribution in [1.82, 2.24) is 0 Å². The molecule has 1 spiro atoms. The van der Waals surface area contributed by atoms with E-state index in [0.717, 1.165) is 31.4 Å². The number of ether oxygens (including phenoxy) is 1. The van der Waals surface area contributed by atoms with Crippen LogP contribution in [0, 0.1) is 0 Å². The Balaban J connectivity index is 2.12. The zero-order chi connectivity index (χ0) is 10.5. The van der Waals surface area contributed by atoms with Gasteiger partial charge < -0.3 is 4.74 Å². The van der Waals surface area contributed by atoms with E-state index in [1.54, 1.807) is 7.11 Å². The Morgan fingerprint density at radius 2 is 2.07 bits per heavy atom. The molecule has 0 aromatic heterocycles. The van der Waals surface area contributed by atoms with Crippen molar-refractivity contribution in [3.63, 3.8) is 0 Å². The van der Waals surface area contributed by atoms with Gasteiger partial charge in [-0.25, -0.2) is 0 Å². The highest BCUT2D eigenvalue weighted by Gasteiger charge is 2.50. The first-order valence-corrected chi connectivity index (χ1v) is 5.47. The highest BCUT2D eigenvalue weighted by molar-refractivity contribution is 5.97. The van der Waals surface area contributed by atoms with E-state index in [4.69, 9.17) is 4.74 Å². The lowest BCUT2D eigenvalue weighted by Crippen LogP contribution is -2.42. The molecular formula is C13H14O2. The number of methoxy groups -OCH3 is 1. The van der Waals surface area contributed by atoms with Crippen LogP contribution < -0.4 is 4.74 Å². The molecule has 0 N–H and O–H groups in total. The van der Waals surface area contributed by atoms with Crippen molar-refractivity contribution >= 4 is 5.78 Å². The second-order valence-electron chi connectivity index (χ2n) is 4.53. The highest BCUT2D eigenvalue weighted by atomic mass is 16.5. The zero-order valence-corrected chi connectivity index (χ0v) is 8.88. The van der Waals surface area contributed by atoms with Crippen molar-refractivity contribution in [1.29, 1.82) is 0 Å². The lowest BCUT2D eigenvalue weighted by atomic mass is 9.64. The van der Waals surface area contributed by atoms with Crippen molar-refractivity contribution in [2.75, 3.05) is 7.11 Å². The van der Waals surface area contributed by atoms with Crippen LogP contribution in [0.1, 0.15) is 30.4 Å². The molecule has 0 saturated heterocycles. The number of hydrogen-bond donors (Lipinski definition) is 0. The number of carbonyl (C=O) groups excluding carboxylic acids is 1. The summed E-state index contributed by atoms with van der Waals surface area (Å²) in [5, 5.41) is 0. The number of rotatable bonds is 1.